The molecule has 0 bridgehead atoms. The van der Waals surface area contributed by atoms with Crippen LogP contribution in [-0.4, -0.2) is 28.6 Å². The number of nitrogens with zero attached hydrogens (tertiary/aromatic N) is 4. The smallest absolute Gasteiger partial charge is 0.381 e. The van der Waals surface area contributed by atoms with E-state index < -0.39 is 27.5 Å². The van der Waals surface area contributed by atoms with E-state index in [2.05, 4.69) is 27.4 Å². The van der Waals surface area contributed by atoms with E-state index in [0.717, 1.165) is 35.2 Å². The molecule has 0 saturated carbocycles. The minimum atomic E-state index is -4.70. The van der Waals surface area contributed by atoms with Gasteiger partial charge in [0.2, 0.25) is 5.82 Å². The molecule has 2 N–H and O–H groups in total. The number of halogens is 3. The van der Waals surface area contributed by atoms with E-state index in [9.17, 15) is 26.7 Å². The number of hydrogen-bond acceptors (Lipinski definition) is 8. The molecule has 9 nitrogen and oxygen atoms in total. The molecule has 0 fully saturated rings. The molecule has 216 valence electrons. The van der Waals surface area contributed by atoms with Crippen molar-refractivity contribution in [2.24, 2.45) is 0 Å². The summed E-state index contributed by atoms with van der Waals surface area (Å²) in [6.07, 6.45) is -1.94. The fourth-order valence-electron chi connectivity index (χ4n) is 4.46. The highest BCUT2D eigenvalue weighted by Crippen LogP contribution is 2.44. The summed E-state index contributed by atoms with van der Waals surface area (Å²) in [6, 6.07) is 13.3. The average molecular weight is 588 g/mol. The maximum absolute atomic E-state index is 14.2. The Morgan fingerprint density at radius 2 is 1.78 bits per heavy atom. The van der Waals surface area contributed by atoms with Crippen LogP contribution in [0.5, 0.6) is 0 Å². The number of pyridine rings is 1. The van der Waals surface area contributed by atoms with Crippen molar-refractivity contribution in [3.63, 3.8) is 0 Å². The standard InChI is InChI=1S/C28H28F3N5O4S/c1-4-5-7-17-10-13-19(14-11-17)41(38,39)36-16-18-12-15-22(28(29,30)31)33-24(18)32-21-9-6-8-20(23(21)36)25-34-26(40-35-25)27(2,3)37/h6,8-15,37H,4-5,7,16H2,1-3H3,(H,32,33). The van der Waals surface area contributed by atoms with Crippen LogP contribution in [0.1, 0.15) is 56.3 Å². The molecular weight excluding hydrogens is 559 g/mol. The lowest BCUT2D eigenvalue weighted by molar-refractivity contribution is -0.141. The van der Waals surface area contributed by atoms with Crippen molar-refractivity contribution in [1.82, 2.24) is 15.1 Å². The van der Waals surface area contributed by atoms with E-state index in [0.29, 0.717) is 0 Å². The molecule has 13 heteroatoms. The minimum absolute atomic E-state index is 0.00659. The monoisotopic (exact) mass is 587 g/mol. The predicted molar refractivity (Wildman–Crippen MR) is 146 cm³/mol. The summed E-state index contributed by atoms with van der Waals surface area (Å²) in [6.45, 7) is 4.66. The summed E-state index contributed by atoms with van der Waals surface area (Å²) < 4.78 is 75.2. The third kappa shape index (κ3) is 5.64. The molecule has 0 radical (unpaired) electrons. The molecule has 0 aliphatic carbocycles. The van der Waals surface area contributed by atoms with Gasteiger partial charge in [0.25, 0.3) is 15.9 Å². The Bertz CT molecular complexity index is 1680. The Morgan fingerprint density at radius 3 is 2.41 bits per heavy atom. The molecule has 1 aliphatic rings. The summed E-state index contributed by atoms with van der Waals surface area (Å²) in [5, 5.41) is 17.2. The van der Waals surface area contributed by atoms with Crippen LogP contribution >= 0.6 is 0 Å². The number of fused-ring (bicyclic) bond motifs is 2. The first-order chi connectivity index (χ1) is 19.3. The highest BCUT2D eigenvalue weighted by Gasteiger charge is 2.37. The maximum Gasteiger partial charge on any atom is 0.433 e. The third-order valence-electron chi connectivity index (χ3n) is 6.64. The molecule has 0 atom stereocenters. The first kappa shape index (κ1) is 28.6. The van der Waals surface area contributed by atoms with Gasteiger partial charge in [-0.15, -0.1) is 0 Å². The van der Waals surface area contributed by atoms with Crippen molar-refractivity contribution in [1.29, 1.82) is 0 Å². The topological polar surface area (TPSA) is 121 Å². The normalized spacial score (nSPS) is 13.8. The van der Waals surface area contributed by atoms with Gasteiger partial charge in [0.1, 0.15) is 17.1 Å². The van der Waals surface area contributed by atoms with E-state index in [1.165, 1.54) is 38.1 Å². The highest BCUT2D eigenvalue weighted by molar-refractivity contribution is 7.92. The number of rotatable bonds is 7. The second-order valence-electron chi connectivity index (χ2n) is 10.3. The number of aryl methyl sites for hydroxylation is 1. The molecule has 2 aromatic heterocycles. The van der Waals surface area contributed by atoms with Crippen LogP contribution in [0.25, 0.3) is 11.4 Å². The van der Waals surface area contributed by atoms with Gasteiger partial charge >= 0.3 is 6.18 Å². The van der Waals surface area contributed by atoms with Crippen LogP contribution in [0.4, 0.5) is 30.4 Å². The number of benzene rings is 2. The van der Waals surface area contributed by atoms with Gasteiger partial charge in [0.15, 0.2) is 0 Å². The molecule has 0 saturated heterocycles. The number of aromatic nitrogens is 3. The van der Waals surface area contributed by atoms with E-state index in [4.69, 9.17) is 4.52 Å². The molecular formula is C28H28F3N5O4S. The Balaban J connectivity index is 1.69. The number of alkyl halides is 3. The van der Waals surface area contributed by atoms with Crippen molar-refractivity contribution in [3.8, 4) is 11.4 Å². The molecule has 2 aromatic carbocycles. The van der Waals surface area contributed by atoms with Gasteiger partial charge in [-0.25, -0.2) is 13.4 Å². The number of hydrogen-bond donors (Lipinski definition) is 2. The molecule has 5 rings (SSSR count). The third-order valence-corrected chi connectivity index (χ3v) is 8.40. The number of anilines is 3. The van der Waals surface area contributed by atoms with Crippen molar-refractivity contribution < 1.29 is 31.2 Å². The van der Waals surface area contributed by atoms with Crippen molar-refractivity contribution in [3.05, 3.63) is 77.3 Å². The molecule has 1 aliphatic heterocycles. The second-order valence-corrected chi connectivity index (χ2v) is 12.1. The van der Waals surface area contributed by atoms with Gasteiger partial charge in [0, 0.05) is 11.1 Å². The second kappa shape index (κ2) is 10.5. The summed E-state index contributed by atoms with van der Waals surface area (Å²) in [4.78, 5) is 8.05. The number of para-hydroxylation sites is 1. The first-order valence-electron chi connectivity index (χ1n) is 12.9. The quantitative estimate of drug-likeness (QED) is 0.263. The largest absolute Gasteiger partial charge is 0.433 e. The highest BCUT2D eigenvalue weighted by atomic mass is 32.2. The summed E-state index contributed by atoms with van der Waals surface area (Å²) in [5.74, 6) is -0.231. The van der Waals surface area contributed by atoms with Crippen LogP contribution in [0.15, 0.2) is 64.0 Å². The molecule has 41 heavy (non-hydrogen) atoms. The van der Waals surface area contributed by atoms with E-state index >= 15 is 0 Å². The Labute approximate surface area is 235 Å². The van der Waals surface area contributed by atoms with Crippen LogP contribution in [0.2, 0.25) is 0 Å². The Hall–Kier alpha value is -3.97. The van der Waals surface area contributed by atoms with Gasteiger partial charge < -0.3 is 14.9 Å². The van der Waals surface area contributed by atoms with Gasteiger partial charge in [-0.05, 0) is 62.6 Å². The first-order valence-corrected chi connectivity index (χ1v) is 14.4. The number of unbranched alkanes of at least 4 members (excludes halogenated alkanes) is 1. The average Bonchev–Trinajstić information content (AvgIpc) is 3.35. The van der Waals surface area contributed by atoms with Crippen LogP contribution in [0, 0.1) is 0 Å². The number of aliphatic hydroxyl groups is 1. The lowest BCUT2D eigenvalue weighted by Gasteiger charge is -2.26. The lowest BCUT2D eigenvalue weighted by atomic mass is 10.1. The van der Waals surface area contributed by atoms with Gasteiger partial charge in [-0.2, -0.15) is 18.2 Å². The van der Waals surface area contributed by atoms with Gasteiger partial charge in [-0.1, -0.05) is 42.8 Å². The molecule has 3 heterocycles. The van der Waals surface area contributed by atoms with Crippen molar-refractivity contribution in [2.75, 3.05) is 9.62 Å². The summed E-state index contributed by atoms with van der Waals surface area (Å²) >= 11 is 0. The maximum atomic E-state index is 14.2. The summed E-state index contributed by atoms with van der Waals surface area (Å²) in [7, 11) is -4.26. The zero-order valence-electron chi connectivity index (χ0n) is 22.5. The molecule has 0 amide bonds. The van der Waals surface area contributed by atoms with Crippen LogP contribution in [-0.2, 0) is 34.8 Å². The lowest BCUT2D eigenvalue weighted by Crippen LogP contribution is -2.31. The fourth-order valence-corrected chi connectivity index (χ4v) is 5.94. The number of sulfonamides is 1. The SMILES string of the molecule is CCCCc1ccc(S(=O)(=O)N2Cc3ccc(C(F)(F)F)nc3Nc3cccc(-c4noc(C(C)(C)O)n4)c32)cc1. The number of nitrogens with one attached hydrogen (secondary N) is 1. The van der Waals surface area contributed by atoms with E-state index in [1.54, 1.807) is 24.3 Å². The van der Waals surface area contributed by atoms with E-state index in [1.807, 2.05) is 0 Å². The minimum Gasteiger partial charge on any atom is -0.381 e. The van der Waals surface area contributed by atoms with Gasteiger partial charge in [-0.3, -0.25) is 4.31 Å². The zero-order chi connectivity index (χ0) is 29.6. The predicted octanol–water partition coefficient (Wildman–Crippen LogP) is 6.17. The van der Waals surface area contributed by atoms with Crippen LogP contribution < -0.4 is 9.62 Å². The Kier molecular flexibility index (Phi) is 7.28. The Morgan fingerprint density at radius 1 is 1.05 bits per heavy atom. The molecule has 4 aromatic rings. The van der Waals surface area contributed by atoms with Crippen molar-refractivity contribution >= 4 is 27.2 Å². The van der Waals surface area contributed by atoms with E-state index in [-0.39, 0.29) is 51.5 Å². The fraction of sp³-hybridized carbons (Fsp3) is 0.321. The zero-order valence-corrected chi connectivity index (χ0v) is 23.3. The molecule has 0 spiro atoms. The van der Waals surface area contributed by atoms with Gasteiger partial charge in [0.05, 0.1) is 22.8 Å². The molecule has 0 unspecified atom stereocenters. The summed E-state index contributed by atoms with van der Waals surface area (Å²) in [5.41, 5.74) is -0.870. The van der Waals surface area contributed by atoms with Crippen LogP contribution in [0.3, 0.4) is 0 Å². The van der Waals surface area contributed by atoms with Crippen molar-refractivity contribution in [2.45, 2.75) is 63.3 Å².